The molecule has 0 amide bonds. The number of hydrogen-bond donors (Lipinski definition) is 1. The first kappa shape index (κ1) is 11.3. The van der Waals surface area contributed by atoms with Gasteiger partial charge in [-0.05, 0) is 31.2 Å². The Kier molecular flexibility index (Phi) is 3.69. The van der Waals surface area contributed by atoms with E-state index in [1.54, 1.807) is 0 Å². The first-order valence-electron chi connectivity index (χ1n) is 5.08. The van der Waals surface area contributed by atoms with Crippen molar-refractivity contribution in [3.8, 4) is 11.5 Å². The van der Waals surface area contributed by atoms with E-state index in [2.05, 4.69) is 26.1 Å². The molecule has 4 nitrogen and oxygen atoms in total. The average Bonchev–Trinajstić information content (AvgIpc) is 2.75. The molecule has 1 aromatic heterocycles. The van der Waals surface area contributed by atoms with Crippen LogP contribution < -0.4 is 5.73 Å². The molecule has 0 aliphatic carbocycles. The smallest absolute Gasteiger partial charge is 0.257 e. The Morgan fingerprint density at radius 1 is 1.38 bits per heavy atom. The van der Waals surface area contributed by atoms with Crippen molar-refractivity contribution >= 4 is 15.9 Å². The zero-order valence-electron chi connectivity index (χ0n) is 8.69. The molecule has 0 spiro atoms. The number of benzene rings is 1. The van der Waals surface area contributed by atoms with Gasteiger partial charge in [-0.25, -0.2) is 0 Å². The number of aryl methyl sites for hydroxylation is 1. The largest absolute Gasteiger partial charge is 0.334 e. The second kappa shape index (κ2) is 5.23. The first-order valence-corrected chi connectivity index (χ1v) is 5.87. The van der Waals surface area contributed by atoms with Gasteiger partial charge in [0.1, 0.15) is 0 Å². The lowest BCUT2D eigenvalue weighted by Crippen LogP contribution is -2.01. The van der Waals surface area contributed by atoms with Crippen LogP contribution in [0.4, 0.5) is 0 Å². The lowest BCUT2D eigenvalue weighted by molar-refractivity contribution is 0.422. The Labute approximate surface area is 102 Å². The molecule has 0 radical (unpaired) electrons. The zero-order chi connectivity index (χ0) is 11.4. The number of halogens is 1. The summed E-state index contributed by atoms with van der Waals surface area (Å²) >= 11 is 3.40. The van der Waals surface area contributed by atoms with Crippen LogP contribution in [0.15, 0.2) is 33.3 Å². The van der Waals surface area contributed by atoms with Crippen molar-refractivity contribution in [1.29, 1.82) is 0 Å². The Morgan fingerprint density at radius 3 is 3.00 bits per heavy atom. The van der Waals surface area contributed by atoms with Crippen LogP contribution in [0.2, 0.25) is 0 Å². The van der Waals surface area contributed by atoms with Crippen molar-refractivity contribution in [1.82, 2.24) is 10.1 Å². The van der Waals surface area contributed by atoms with Gasteiger partial charge in [-0.2, -0.15) is 4.98 Å². The van der Waals surface area contributed by atoms with E-state index >= 15 is 0 Å². The highest BCUT2D eigenvalue weighted by Gasteiger charge is 2.08. The van der Waals surface area contributed by atoms with Gasteiger partial charge in [0.15, 0.2) is 5.82 Å². The maximum absolute atomic E-state index is 5.42. The predicted octanol–water partition coefficient (Wildman–Crippen LogP) is 2.39. The summed E-state index contributed by atoms with van der Waals surface area (Å²) < 4.78 is 6.17. The molecule has 1 heterocycles. The molecule has 0 bridgehead atoms. The van der Waals surface area contributed by atoms with E-state index < -0.39 is 0 Å². The molecule has 0 fully saturated rings. The number of hydrogen-bond acceptors (Lipinski definition) is 4. The second-order valence-corrected chi connectivity index (χ2v) is 4.33. The Morgan fingerprint density at radius 2 is 2.25 bits per heavy atom. The van der Waals surface area contributed by atoms with Gasteiger partial charge in [0.05, 0.1) is 0 Å². The van der Waals surface area contributed by atoms with Gasteiger partial charge >= 0.3 is 0 Å². The molecule has 0 saturated carbocycles. The monoisotopic (exact) mass is 281 g/mol. The van der Waals surface area contributed by atoms with Crippen LogP contribution in [0, 0.1) is 0 Å². The van der Waals surface area contributed by atoms with Gasteiger partial charge in [0.25, 0.3) is 5.89 Å². The standard InChI is InChI=1S/C11H12BrN3O/c12-9-4-1-3-8(7-9)11-14-10(15-16-11)5-2-6-13/h1,3-4,7H,2,5-6,13H2. The van der Waals surface area contributed by atoms with Gasteiger partial charge in [-0.15, -0.1) is 0 Å². The van der Waals surface area contributed by atoms with Crippen molar-refractivity contribution < 1.29 is 4.52 Å². The molecule has 2 rings (SSSR count). The number of aromatic nitrogens is 2. The van der Waals surface area contributed by atoms with Crippen LogP contribution in [0.25, 0.3) is 11.5 Å². The maximum atomic E-state index is 5.42. The van der Waals surface area contributed by atoms with Crippen molar-refractivity contribution in [2.75, 3.05) is 6.54 Å². The van der Waals surface area contributed by atoms with E-state index in [1.807, 2.05) is 24.3 Å². The molecule has 0 atom stereocenters. The van der Waals surface area contributed by atoms with Crippen LogP contribution >= 0.6 is 15.9 Å². The zero-order valence-corrected chi connectivity index (χ0v) is 10.3. The Balaban J connectivity index is 2.18. The van der Waals surface area contributed by atoms with Gasteiger partial charge in [-0.3, -0.25) is 0 Å². The predicted molar refractivity (Wildman–Crippen MR) is 64.8 cm³/mol. The highest BCUT2D eigenvalue weighted by Crippen LogP contribution is 2.21. The number of nitrogens with two attached hydrogens (primary N) is 1. The molecule has 0 aliphatic heterocycles. The molecule has 2 aromatic rings. The molecule has 0 unspecified atom stereocenters. The van der Waals surface area contributed by atoms with Crippen molar-refractivity contribution in [2.45, 2.75) is 12.8 Å². The van der Waals surface area contributed by atoms with E-state index in [9.17, 15) is 0 Å². The summed E-state index contributed by atoms with van der Waals surface area (Å²) in [6.45, 7) is 0.640. The summed E-state index contributed by atoms with van der Waals surface area (Å²) in [6.07, 6.45) is 1.63. The molecule has 84 valence electrons. The van der Waals surface area contributed by atoms with Crippen LogP contribution in [0.1, 0.15) is 12.2 Å². The fourth-order valence-electron chi connectivity index (χ4n) is 1.35. The molecule has 0 saturated heterocycles. The summed E-state index contributed by atoms with van der Waals surface area (Å²) in [5.74, 6) is 1.26. The fraction of sp³-hybridized carbons (Fsp3) is 0.273. The van der Waals surface area contributed by atoms with Gasteiger partial charge < -0.3 is 10.3 Å². The van der Waals surface area contributed by atoms with Gasteiger partial charge in [0.2, 0.25) is 0 Å². The molecule has 2 N–H and O–H groups in total. The second-order valence-electron chi connectivity index (χ2n) is 3.42. The van der Waals surface area contributed by atoms with E-state index in [-0.39, 0.29) is 0 Å². The van der Waals surface area contributed by atoms with E-state index in [4.69, 9.17) is 10.3 Å². The van der Waals surface area contributed by atoms with Crippen molar-refractivity contribution in [3.63, 3.8) is 0 Å². The molecule has 5 heteroatoms. The normalized spacial score (nSPS) is 10.6. The highest BCUT2D eigenvalue weighted by molar-refractivity contribution is 9.10. The number of rotatable bonds is 4. The maximum Gasteiger partial charge on any atom is 0.257 e. The highest BCUT2D eigenvalue weighted by atomic mass is 79.9. The van der Waals surface area contributed by atoms with Crippen molar-refractivity contribution in [2.24, 2.45) is 5.73 Å². The van der Waals surface area contributed by atoms with Crippen LogP contribution in [-0.2, 0) is 6.42 Å². The number of nitrogens with zero attached hydrogens (tertiary/aromatic N) is 2. The van der Waals surface area contributed by atoms with Crippen LogP contribution in [-0.4, -0.2) is 16.7 Å². The minimum atomic E-state index is 0.549. The third-order valence-corrected chi connectivity index (χ3v) is 2.64. The minimum Gasteiger partial charge on any atom is -0.334 e. The van der Waals surface area contributed by atoms with Crippen LogP contribution in [0.5, 0.6) is 0 Å². The third-order valence-electron chi connectivity index (χ3n) is 2.14. The summed E-state index contributed by atoms with van der Waals surface area (Å²) in [4.78, 5) is 4.30. The Hall–Kier alpha value is -1.20. The minimum absolute atomic E-state index is 0.549. The van der Waals surface area contributed by atoms with Crippen molar-refractivity contribution in [3.05, 3.63) is 34.6 Å². The topological polar surface area (TPSA) is 64.9 Å². The van der Waals surface area contributed by atoms with E-state index in [0.717, 1.165) is 22.9 Å². The molecule has 1 aromatic carbocycles. The fourth-order valence-corrected chi connectivity index (χ4v) is 1.75. The summed E-state index contributed by atoms with van der Waals surface area (Å²) in [5, 5.41) is 3.90. The summed E-state index contributed by atoms with van der Waals surface area (Å²) in [6, 6.07) is 7.77. The quantitative estimate of drug-likeness (QED) is 0.935. The van der Waals surface area contributed by atoms with Gasteiger partial charge in [0, 0.05) is 16.5 Å². The first-order chi connectivity index (χ1) is 7.79. The molecule has 16 heavy (non-hydrogen) atoms. The lowest BCUT2D eigenvalue weighted by atomic mass is 10.2. The van der Waals surface area contributed by atoms with E-state index in [1.165, 1.54) is 0 Å². The average molecular weight is 282 g/mol. The van der Waals surface area contributed by atoms with Crippen LogP contribution in [0.3, 0.4) is 0 Å². The molecular weight excluding hydrogens is 270 g/mol. The molecular formula is C11H12BrN3O. The van der Waals surface area contributed by atoms with Gasteiger partial charge in [-0.1, -0.05) is 27.2 Å². The summed E-state index contributed by atoms with van der Waals surface area (Å²) in [5.41, 5.74) is 6.34. The third kappa shape index (κ3) is 2.68. The lowest BCUT2D eigenvalue weighted by Gasteiger charge is -1.94. The summed E-state index contributed by atoms with van der Waals surface area (Å²) in [7, 11) is 0. The Bertz CT molecular complexity index is 470. The SMILES string of the molecule is NCCCc1noc(-c2cccc(Br)c2)n1. The van der Waals surface area contributed by atoms with E-state index in [0.29, 0.717) is 18.3 Å². The molecule has 0 aliphatic rings.